The minimum Gasteiger partial charge on any atom is -0.465 e. The molecule has 0 aliphatic carbocycles. The van der Waals surface area contributed by atoms with Crippen molar-refractivity contribution in [2.45, 2.75) is 205 Å². The highest BCUT2D eigenvalue weighted by Crippen LogP contribution is 2.21. The van der Waals surface area contributed by atoms with Crippen molar-refractivity contribution in [3.05, 3.63) is 0 Å². The summed E-state index contributed by atoms with van der Waals surface area (Å²) in [5, 5.41) is -0.702. The predicted molar refractivity (Wildman–Crippen MR) is 180 cm³/mol. The van der Waals surface area contributed by atoms with Gasteiger partial charge in [0.15, 0.2) is 0 Å². The summed E-state index contributed by atoms with van der Waals surface area (Å²) < 4.78 is 10.9. The van der Waals surface area contributed by atoms with Crippen LogP contribution >= 0.6 is 11.8 Å². The summed E-state index contributed by atoms with van der Waals surface area (Å²) in [6, 6.07) is 0. The van der Waals surface area contributed by atoms with Crippen LogP contribution < -0.4 is 0 Å². The number of hydrogen-bond acceptors (Lipinski definition) is 5. The molecule has 0 saturated carbocycles. The molecule has 0 aliphatic rings. The molecule has 5 heteroatoms. The van der Waals surface area contributed by atoms with Gasteiger partial charge >= 0.3 is 11.9 Å². The van der Waals surface area contributed by atoms with Crippen molar-refractivity contribution >= 4 is 23.7 Å². The highest BCUT2D eigenvalue weighted by molar-refractivity contribution is 8.01. The van der Waals surface area contributed by atoms with Crippen LogP contribution in [0.15, 0.2) is 0 Å². The van der Waals surface area contributed by atoms with E-state index in [1.165, 1.54) is 153 Å². The van der Waals surface area contributed by atoms with Crippen LogP contribution in [0.3, 0.4) is 0 Å². The molecule has 2 atom stereocenters. The summed E-state index contributed by atoms with van der Waals surface area (Å²) in [7, 11) is 0. The Morgan fingerprint density at radius 3 is 0.878 bits per heavy atom. The van der Waals surface area contributed by atoms with Gasteiger partial charge in [0.05, 0.1) is 13.2 Å². The van der Waals surface area contributed by atoms with Crippen molar-refractivity contribution in [3.8, 4) is 0 Å². The maximum absolute atomic E-state index is 12.3. The first kappa shape index (κ1) is 40.3. The van der Waals surface area contributed by atoms with Gasteiger partial charge in [-0.15, -0.1) is 11.8 Å². The lowest BCUT2D eigenvalue weighted by molar-refractivity contribution is -0.142. The molecule has 0 aliphatic heterocycles. The van der Waals surface area contributed by atoms with E-state index >= 15 is 0 Å². The van der Waals surface area contributed by atoms with Crippen molar-refractivity contribution in [3.63, 3.8) is 0 Å². The first-order chi connectivity index (χ1) is 20.0. The first-order valence-electron chi connectivity index (χ1n) is 18.0. The number of carbonyl (C=O) groups is 2. The number of unbranched alkanes of at least 4 members (excludes halogenated alkanes) is 24. The Bertz CT molecular complexity index is 568. The number of rotatable bonds is 32. The summed E-state index contributed by atoms with van der Waals surface area (Å²) in [5.41, 5.74) is 0. The summed E-state index contributed by atoms with van der Waals surface area (Å²) in [5.74, 6) is -0.436. The number of carbonyl (C=O) groups excluding carboxylic acids is 2. The predicted octanol–water partition coefficient (Wildman–Crippen LogP) is 11.8. The maximum Gasteiger partial charge on any atom is 0.318 e. The molecule has 244 valence electrons. The minimum atomic E-state index is -0.351. The van der Waals surface area contributed by atoms with Gasteiger partial charge in [0.2, 0.25) is 0 Å². The number of hydrogen-bond donors (Lipinski definition) is 0. The maximum atomic E-state index is 12.3. The molecule has 0 fully saturated rings. The molecule has 0 radical (unpaired) electrons. The minimum absolute atomic E-state index is 0.217. The lowest BCUT2D eigenvalue weighted by Crippen LogP contribution is -2.25. The molecule has 41 heavy (non-hydrogen) atoms. The molecule has 0 aromatic heterocycles. The topological polar surface area (TPSA) is 52.6 Å². The fourth-order valence-corrected chi connectivity index (χ4v) is 6.21. The third kappa shape index (κ3) is 29.2. The monoisotopic (exact) mass is 598 g/mol. The van der Waals surface area contributed by atoms with Gasteiger partial charge in [0.25, 0.3) is 0 Å². The van der Waals surface area contributed by atoms with Crippen molar-refractivity contribution in [2.75, 3.05) is 13.2 Å². The zero-order valence-electron chi connectivity index (χ0n) is 28.0. The van der Waals surface area contributed by atoms with Crippen LogP contribution in [0, 0.1) is 0 Å². The molecule has 0 aromatic rings. The quantitative estimate of drug-likeness (QED) is 0.0569. The SMILES string of the molecule is CCCCCCCCCCCCCCCCCCOC(=O)C(C)SC(C)C(=O)OCCCCCCCCCCCC. The average molecular weight is 599 g/mol. The Kier molecular flexibility index (Phi) is 31.7. The molecule has 0 bridgehead atoms. The van der Waals surface area contributed by atoms with Gasteiger partial charge in [-0.3, -0.25) is 9.59 Å². The van der Waals surface area contributed by atoms with E-state index in [1.807, 2.05) is 13.8 Å². The van der Waals surface area contributed by atoms with Crippen LogP contribution in [-0.2, 0) is 19.1 Å². The first-order valence-corrected chi connectivity index (χ1v) is 19.0. The van der Waals surface area contributed by atoms with E-state index in [-0.39, 0.29) is 22.4 Å². The van der Waals surface area contributed by atoms with E-state index in [9.17, 15) is 9.59 Å². The lowest BCUT2D eigenvalue weighted by atomic mass is 10.0. The number of esters is 2. The van der Waals surface area contributed by atoms with Crippen LogP contribution in [0.2, 0.25) is 0 Å². The van der Waals surface area contributed by atoms with Gasteiger partial charge in [-0.2, -0.15) is 0 Å². The van der Waals surface area contributed by atoms with E-state index in [1.54, 1.807) is 0 Å². The van der Waals surface area contributed by atoms with Crippen molar-refractivity contribution in [2.24, 2.45) is 0 Å². The molecular formula is C36H70O4S. The summed E-state index contributed by atoms with van der Waals surface area (Å²) in [6.07, 6.45) is 34.0. The molecule has 0 heterocycles. The molecule has 0 saturated heterocycles. The van der Waals surface area contributed by atoms with E-state index < -0.39 is 0 Å². The van der Waals surface area contributed by atoms with Crippen LogP contribution in [-0.4, -0.2) is 35.7 Å². The molecule has 0 aromatic carbocycles. The van der Waals surface area contributed by atoms with Crippen LogP contribution in [0.1, 0.15) is 195 Å². The van der Waals surface area contributed by atoms with Gasteiger partial charge in [-0.25, -0.2) is 0 Å². The van der Waals surface area contributed by atoms with Gasteiger partial charge in [0, 0.05) is 0 Å². The number of ether oxygens (including phenoxy) is 2. The fraction of sp³-hybridized carbons (Fsp3) is 0.944. The highest BCUT2D eigenvalue weighted by atomic mass is 32.2. The van der Waals surface area contributed by atoms with E-state index in [2.05, 4.69) is 13.8 Å². The van der Waals surface area contributed by atoms with Gasteiger partial charge in [0.1, 0.15) is 10.5 Å². The zero-order chi connectivity index (χ0) is 30.2. The summed E-state index contributed by atoms with van der Waals surface area (Å²) in [6.45, 7) is 9.15. The van der Waals surface area contributed by atoms with Crippen LogP contribution in [0.4, 0.5) is 0 Å². The normalized spacial score (nSPS) is 12.8. The molecule has 4 nitrogen and oxygen atoms in total. The third-order valence-corrected chi connectivity index (χ3v) is 9.26. The van der Waals surface area contributed by atoms with Crippen LogP contribution in [0.25, 0.3) is 0 Å². The second kappa shape index (κ2) is 32.2. The van der Waals surface area contributed by atoms with E-state index in [4.69, 9.17) is 9.47 Å². The third-order valence-electron chi connectivity index (χ3n) is 8.06. The Balaban J connectivity index is 3.52. The van der Waals surface area contributed by atoms with Gasteiger partial charge in [-0.1, -0.05) is 168 Å². The molecule has 0 amide bonds. The second-order valence-electron chi connectivity index (χ2n) is 12.2. The van der Waals surface area contributed by atoms with E-state index in [0.29, 0.717) is 13.2 Å². The Morgan fingerprint density at radius 1 is 0.415 bits per heavy atom. The van der Waals surface area contributed by atoms with Crippen molar-refractivity contribution < 1.29 is 19.1 Å². The Morgan fingerprint density at radius 2 is 0.634 bits per heavy atom. The molecular weight excluding hydrogens is 528 g/mol. The molecule has 0 N–H and O–H groups in total. The fourth-order valence-electron chi connectivity index (χ4n) is 5.24. The smallest absolute Gasteiger partial charge is 0.318 e. The Labute approximate surface area is 260 Å². The molecule has 0 spiro atoms. The average Bonchev–Trinajstić information content (AvgIpc) is 2.97. The van der Waals surface area contributed by atoms with Crippen LogP contribution in [0.5, 0.6) is 0 Å². The molecule has 2 unspecified atom stereocenters. The van der Waals surface area contributed by atoms with Crippen molar-refractivity contribution in [1.29, 1.82) is 0 Å². The zero-order valence-corrected chi connectivity index (χ0v) is 28.8. The lowest BCUT2D eigenvalue weighted by Gasteiger charge is -2.16. The van der Waals surface area contributed by atoms with E-state index in [0.717, 1.165) is 25.7 Å². The summed E-state index contributed by atoms with van der Waals surface area (Å²) >= 11 is 1.34. The Hall–Kier alpha value is -0.710. The molecule has 0 rings (SSSR count). The standard InChI is InChI=1S/C36H70O4S/c1-5-7-9-11-13-15-17-18-19-20-21-22-24-26-28-30-32-40-36(38)34(4)41-33(3)35(37)39-31-29-27-25-23-16-14-12-10-8-6-2/h33-34H,5-32H2,1-4H3. The second-order valence-corrected chi connectivity index (χ2v) is 13.9. The largest absolute Gasteiger partial charge is 0.465 e. The van der Waals surface area contributed by atoms with Gasteiger partial charge < -0.3 is 9.47 Å². The van der Waals surface area contributed by atoms with Crippen molar-refractivity contribution in [1.82, 2.24) is 0 Å². The summed E-state index contributed by atoms with van der Waals surface area (Å²) in [4.78, 5) is 24.6. The number of thioether (sulfide) groups is 1. The highest BCUT2D eigenvalue weighted by Gasteiger charge is 2.23. The van der Waals surface area contributed by atoms with Gasteiger partial charge in [-0.05, 0) is 26.7 Å².